The van der Waals surface area contributed by atoms with E-state index in [1.54, 1.807) is 7.11 Å². The van der Waals surface area contributed by atoms with Crippen molar-refractivity contribution in [2.45, 2.75) is 6.42 Å². The molecule has 1 aromatic carbocycles. The fourth-order valence-electron chi connectivity index (χ4n) is 0.990. The van der Waals surface area contributed by atoms with Gasteiger partial charge in [-0.2, -0.15) is 4.18 Å². The van der Waals surface area contributed by atoms with Crippen LogP contribution in [-0.4, -0.2) is 19.1 Å². The molecule has 66 valence electrons. The molecule has 0 aliphatic carbocycles. The second-order valence-electron chi connectivity index (χ2n) is 2.68. The van der Waals surface area contributed by atoms with Crippen LogP contribution in [-0.2, 0) is 21.8 Å². The first kappa shape index (κ1) is 9.62. The van der Waals surface area contributed by atoms with Crippen molar-refractivity contribution < 1.29 is 4.18 Å². The quantitative estimate of drug-likeness (QED) is 0.649. The first-order valence-electron chi connectivity index (χ1n) is 4.04. The number of aryl methyl sites for hydroxylation is 1. The van der Waals surface area contributed by atoms with Gasteiger partial charge in [0.15, 0.2) is 0 Å². The minimum atomic E-state index is 0.123. The maximum Gasteiger partial charge on any atom is 0.145 e. The lowest BCUT2D eigenvalue weighted by molar-refractivity contribution is 0.475. The first-order valence-corrected chi connectivity index (χ1v) is 5.76. The molecular formula is C10H15OS+. The van der Waals surface area contributed by atoms with Crippen LogP contribution in [0.4, 0.5) is 0 Å². The van der Waals surface area contributed by atoms with Gasteiger partial charge in [0.1, 0.15) is 23.2 Å². The molecule has 0 saturated carbocycles. The fourth-order valence-corrected chi connectivity index (χ4v) is 1.68. The van der Waals surface area contributed by atoms with E-state index in [0.29, 0.717) is 0 Å². The van der Waals surface area contributed by atoms with E-state index in [2.05, 4.69) is 30.5 Å². The molecule has 0 heterocycles. The van der Waals surface area contributed by atoms with Crippen molar-refractivity contribution >= 4 is 11.2 Å². The summed E-state index contributed by atoms with van der Waals surface area (Å²) in [5.41, 5.74) is 1.40. The highest BCUT2D eigenvalue weighted by Gasteiger charge is 2.08. The zero-order valence-corrected chi connectivity index (χ0v) is 8.43. The van der Waals surface area contributed by atoms with Crippen molar-refractivity contribution in [2.75, 3.05) is 19.1 Å². The zero-order chi connectivity index (χ0) is 8.81. The second-order valence-corrected chi connectivity index (χ2v) is 4.57. The molecule has 1 rings (SSSR count). The van der Waals surface area contributed by atoms with E-state index >= 15 is 0 Å². The van der Waals surface area contributed by atoms with Gasteiger partial charge in [0, 0.05) is 6.42 Å². The smallest absolute Gasteiger partial charge is 0.145 e. The van der Waals surface area contributed by atoms with Gasteiger partial charge in [0.05, 0.1) is 7.11 Å². The molecule has 1 nitrogen and oxygen atoms in total. The molecule has 1 aromatic rings. The monoisotopic (exact) mass is 183 g/mol. The Morgan fingerprint density at radius 3 is 2.50 bits per heavy atom. The summed E-state index contributed by atoms with van der Waals surface area (Å²) in [5, 5.41) is 0. The summed E-state index contributed by atoms with van der Waals surface area (Å²) in [5.74, 6) is 1.13. The summed E-state index contributed by atoms with van der Waals surface area (Å²) in [6.45, 7) is 0. The number of hydrogen-bond acceptors (Lipinski definition) is 1. The van der Waals surface area contributed by atoms with Gasteiger partial charge in [-0.1, -0.05) is 30.3 Å². The first-order chi connectivity index (χ1) is 5.83. The Bertz CT molecular complexity index is 210. The third-order valence-electron chi connectivity index (χ3n) is 1.81. The van der Waals surface area contributed by atoms with Gasteiger partial charge in [-0.05, 0) is 5.56 Å². The Labute approximate surface area is 77.3 Å². The van der Waals surface area contributed by atoms with Crippen LogP contribution in [0.25, 0.3) is 0 Å². The number of rotatable bonds is 4. The molecule has 0 aromatic heterocycles. The molecule has 1 unspecified atom stereocenters. The van der Waals surface area contributed by atoms with Crippen LogP contribution in [0.3, 0.4) is 0 Å². The molecule has 0 fully saturated rings. The van der Waals surface area contributed by atoms with Crippen LogP contribution in [0.2, 0.25) is 0 Å². The van der Waals surface area contributed by atoms with Crippen molar-refractivity contribution in [1.82, 2.24) is 0 Å². The fraction of sp³-hybridized carbons (Fsp3) is 0.400. The normalized spacial score (nSPS) is 12.8. The maximum absolute atomic E-state index is 5.20. The molecule has 2 heteroatoms. The third kappa shape index (κ3) is 3.28. The van der Waals surface area contributed by atoms with E-state index in [4.69, 9.17) is 4.18 Å². The van der Waals surface area contributed by atoms with Gasteiger partial charge >= 0.3 is 0 Å². The average Bonchev–Trinajstić information content (AvgIpc) is 2.16. The topological polar surface area (TPSA) is 9.23 Å². The standard InChI is InChI=1S/C10H15OS/c1-11-12(2)9-8-10-6-4-3-5-7-10/h3-7H,8-9H2,1-2H3/q+1. The molecule has 0 aliphatic heterocycles. The molecule has 0 radical (unpaired) electrons. The minimum Gasteiger partial charge on any atom is -0.178 e. The third-order valence-corrected chi connectivity index (χ3v) is 3.15. The second kappa shape index (κ2) is 5.22. The van der Waals surface area contributed by atoms with Crippen molar-refractivity contribution in [3.63, 3.8) is 0 Å². The number of hydrogen-bond donors (Lipinski definition) is 0. The van der Waals surface area contributed by atoms with E-state index in [-0.39, 0.29) is 11.2 Å². The molecule has 0 saturated heterocycles. The van der Waals surface area contributed by atoms with Gasteiger partial charge in [-0.3, -0.25) is 0 Å². The lowest BCUT2D eigenvalue weighted by atomic mass is 10.2. The summed E-state index contributed by atoms with van der Waals surface area (Å²) in [6, 6.07) is 10.5. The average molecular weight is 183 g/mol. The molecule has 0 spiro atoms. The number of benzene rings is 1. The summed E-state index contributed by atoms with van der Waals surface area (Å²) in [4.78, 5) is 0. The van der Waals surface area contributed by atoms with Gasteiger partial charge in [-0.25, -0.2) is 0 Å². The van der Waals surface area contributed by atoms with Gasteiger partial charge in [-0.15, -0.1) is 0 Å². The molecule has 0 bridgehead atoms. The van der Waals surface area contributed by atoms with Crippen LogP contribution in [0, 0.1) is 0 Å². The van der Waals surface area contributed by atoms with E-state index in [0.717, 1.165) is 12.2 Å². The Morgan fingerprint density at radius 1 is 1.25 bits per heavy atom. The highest BCUT2D eigenvalue weighted by Crippen LogP contribution is 2.02. The Morgan fingerprint density at radius 2 is 1.92 bits per heavy atom. The lowest BCUT2D eigenvalue weighted by Crippen LogP contribution is -2.08. The van der Waals surface area contributed by atoms with Gasteiger partial charge in [0.2, 0.25) is 0 Å². The van der Waals surface area contributed by atoms with Gasteiger partial charge < -0.3 is 0 Å². The van der Waals surface area contributed by atoms with Crippen LogP contribution in [0.1, 0.15) is 5.56 Å². The van der Waals surface area contributed by atoms with Crippen molar-refractivity contribution in [3.05, 3.63) is 35.9 Å². The van der Waals surface area contributed by atoms with Crippen molar-refractivity contribution in [1.29, 1.82) is 0 Å². The van der Waals surface area contributed by atoms with Crippen LogP contribution in [0.15, 0.2) is 30.3 Å². The van der Waals surface area contributed by atoms with E-state index in [1.165, 1.54) is 5.56 Å². The van der Waals surface area contributed by atoms with Crippen LogP contribution >= 0.6 is 0 Å². The van der Waals surface area contributed by atoms with E-state index < -0.39 is 0 Å². The minimum absolute atomic E-state index is 0.123. The van der Waals surface area contributed by atoms with Crippen molar-refractivity contribution in [3.8, 4) is 0 Å². The molecule has 0 N–H and O–H groups in total. The molecular weight excluding hydrogens is 168 g/mol. The Hall–Kier alpha value is -0.470. The Kier molecular flexibility index (Phi) is 4.19. The largest absolute Gasteiger partial charge is 0.178 e. The molecule has 1 atom stereocenters. The predicted octanol–water partition coefficient (Wildman–Crippen LogP) is 2.04. The van der Waals surface area contributed by atoms with Crippen molar-refractivity contribution in [2.24, 2.45) is 0 Å². The predicted molar refractivity (Wildman–Crippen MR) is 55.3 cm³/mol. The molecule has 0 aliphatic rings. The SMILES string of the molecule is CO[S+](C)CCc1ccccc1. The van der Waals surface area contributed by atoms with E-state index in [1.807, 2.05) is 6.07 Å². The summed E-state index contributed by atoms with van der Waals surface area (Å²) < 4.78 is 5.20. The molecule has 0 amide bonds. The summed E-state index contributed by atoms with van der Waals surface area (Å²) in [7, 11) is 1.77. The molecule has 12 heavy (non-hydrogen) atoms. The summed E-state index contributed by atoms with van der Waals surface area (Å²) in [6.07, 6.45) is 3.25. The lowest BCUT2D eigenvalue weighted by Gasteiger charge is -1.98. The Balaban J connectivity index is 2.33. The zero-order valence-electron chi connectivity index (χ0n) is 7.62. The highest BCUT2D eigenvalue weighted by atomic mass is 32.2. The van der Waals surface area contributed by atoms with Crippen LogP contribution < -0.4 is 0 Å². The van der Waals surface area contributed by atoms with Crippen LogP contribution in [0.5, 0.6) is 0 Å². The maximum atomic E-state index is 5.20. The summed E-state index contributed by atoms with van der Waals surface area (Å²) >= 11 is 0.123. The van der Waals surface area contributed by atoms with Gasteiger partial charge in [0.25, 0.3) is 0 Å². The van der Waals surface area contributed by atoms with E-state index in [9.17, 15) is 0 Å². The highest BCUT2D eigenvalue weighted by molar-refractivity contribution is 7.91.